The van der Waals surface area contributed by atoms with E-state index in [0.717, 1.165) is 6.07 Å². The summed E-state index contributed by atoms with van der Waals surface area (Å²) < 4.78 is 18.6. The summed E-state index contributed by atoms with van der Waals surface area (Å²) >= 11 is 0. The van der Waals surface area contributed by atoms with E-state index in [1.165, 1.54) is 12.1 Å². The van der Waals surface area contributed by atoms with Crippen LogP contribution in [0.25, 0.3) is 11.0 Å². The third-order valence-electron chi connectivity index (χ3n) is 8.51. The molecule has 45 heavy (non-hydrogen) atoms. The molecule has 0 aliphatic carbocycles. The summed E-state index contributed by atoms with van der Waals surface area (Å²) in [7, 11) is 0. The van der Waals surface area contributed by atoms with Crippen LogP contribution in [0.15, 0.2) is 74.7 Å². The van der Waals surface area contributed by atoms with Gasteiger partial charge in [-0.3, -0.25) is 4.79 Å². The maximum absolute atomic E-state index is 13.5. The quantitative estimate of drug-likeness (QED) is 0.160. The largest absolute Gasteiger partial charge is 0.508 e. The molecule has 0 saturated heterocycles. The summed E-state index contributed by atoms with van der Waals surface area (Å²) in [6.45, 7) is 6.23. The summed E-state index contributed by atoms with van der Waals surface area (Å²) in [6, 6.07) is 7.58. The number of fused-ring (bicyclic) bond motifs is 2. The molecule has 1 aromatic heterocycles. The Balaban J connectivity index is 1.87. The minimum absolute atomic E-state index is 0.00223. The number of phenols is 2. The van der Waals surface area contributed by atoms with Gasteiger partial charge in [0, 0.05) is 47.6 Å². The van der Waals surface area contributed by atoms with Gasteiger partial charge in [0.1, 0.15) is 52.3 Å². The lowest BCUT2D eigenvalue weighted by atomic mass is 9.74. The normalized spacial score (nSPS) is 19.0. The van der Waals surface area contributed by atoms with Gasteiger partial charge in [0.25, 0.3) is 0 Å². The van der Waals surface area contributed by atoms with Gasteiger partial charge in [-0.2, -0.15) is 0 Å². The van der Waals surface area contributed by atoms with E-state index < -0.39 is 53.9 Å². The number of esters is 1. The Bertz CT molecular complexity index is 1800. The first kappa shape index (κ1) is 31.7. The third-order valence-corrected chi connectivity index (χ3v) is 8.51. The van der Waals surface area contributed by atoms with Gasteiger partial charge in [-0.05, 0) is 57.0 Å². The Labute approximate surface area is 259 Å². The van der Waals surface area contributed by atoms with Crippen molar-refractivity contribution in [2.75, 3.05) is 13.2 Å². The smallest absolute Gasteiger partial charge is 0.333 e. The lowest BCUT2D eigenvalue weighted by Crippen LogP contribution is -2.49. The van der Waals surface area contributed by atoms with Crippen LogP contribution >= 0.6 is 0 Å². The van der Waals surface area contributed by atoms with Crippen LogP contribution in [0, 0.1) is 0 Å². The Morgan fingerprint density at radius 1 is 1.24 bits per heavy atom. The van der Waals surface area contributed by atoms with Gasteiger partial charge in [0.15, 0.2) is 5.43 Å². The Morgan fingerprint density at radius 3 is 2.64 bits per heavy atom. The zero-order chi connectivity index (χ0) is 32.6. The molecule has 7 N–H and O–H groups in total. The predicted octanol–water partition coefficient (Wildman–Crippen LogP) is 3.48. The fourth-order valence-electron chi connectivity index (χ4n) is 5.98. The van der Waals surface area contributed by atoms with E-state index in [4.69, 9.17) is 19.6 Å². The number of carbonyl (C=O) groups excluding carboxylic acids is 1. The molecule has 11 heteroatoms. The molecular formula is C34H38N2O9. The first-order valence-electron chi connectivity index (χ1n) is 14.7. The van der Waals surface area contributed by atoms with E-state index >= 15 is 0 Å². The second-order valence-electron chi connectivity index (χ2n) is 11.8. The van der Waals surface area contributed by atoms with Gasteiger partial charge in [-0.15, -0.1) is 0 Å². The highest BCUT2D eigenvalue weighted by Crippen LogP contribution is 2.53. The van der Waals surface area contributed by atoms with E-state index in [1.807, 2.05) is 6.08 Å². The summed E-state index contributed by atoms with van der Waals surface area (Å²) in [5.74, 6) is -1.96. The minimum atomic E-state index is -1.12. The topological polar surface area (TPSA) is 185 Å². The van der Waals surface area contributed by atoms with Crippen LogP contribution in [0.5, 0.6) is 17.2 Å². The molecule has 3 atom stereocenters. The second kappa shape index (κ2) is 12.3. The van der Waals surface area contributed by atoms with Gasteiger partial charge in [0.05, 0.1) is 12.4 Å². The summed E-state index contributed by atoms with van der Waals surface area (Å²) in [4.78, 5) is 26.3. The van der Waals surface area contributed by atoms with Crippen LogP contribution in [0.3, 0.4) is 0 Å². The molecule has 0 fully saturated rings. The zero-order valence-corrected chi connectivity index (χ0v) is 25.6. The van der Waals surface area contributed by atoms with Crippen molar-refractivity contribution in [2.45, 2.75) is 64.3 Å². The van der Waals surface area contributed by atoms with Gasteiger partial charge < -0.3 is 45.4 Å². The number of aliphatic hydroxyl groups excluding tert-OH is 2. The van der Waals surface area contributed by atoms with Crippen LogP contribution in [0.4, 0.5) is 0 Å². The zero-order valence-electron chi connectivity index (χ0n) is 25.6. The Morgan fingerprint density at radius 2 is 2.00 bits per heavy atom. The highest BCUT2D eigenvalue weighted by atomic mass is 16.6. The summed E-state index contributed by atoms with van der Waals surface area (Å²) in [5.41, 5.74) is 6.63. The number of aromatic hydroxyl groups is 2. The van der Waals surface area contributed by atoms with Gasteiger partial charge in [-0.1, -0.05) is 24.3 Å². The number of carbonyl (C=O) groups is 1. The number of allylic oxidation sites excluding steroid dienone is 3. The van der Waals surface area contributed by atoms with Crippen molar-refractivity contribution < 1.29 is 39.1 Å². The second-order valence-corrected chi connectivity index (χ2v) is 11.8. The number of nitrogens with two attached hydrogens (primary N) is 1. The monoisotopic (exact) mass is 618 g/mol. The number of phenolic OH excluding ortho intramolecular Hbond substituents is 2. The Hall–Kier alpha value is -4.74. The highest BCUT2D eigenvalue weighted by Gasteiger charge is 2.45. The van der Waals surface area contributed by atoms with Gasteiger partial charge in [-0.25, -0.2) is 4.79 Å². The van der Waals surface area contributed by atoms with Crippen molar-refractivity contribution in [2.24, 2.45) is 5.73 Å². The van der Waals surface area contributed by atoms with Crippen molar-refractivity contribution >= 4 is 16.9 Å². The highest BCUT2D eigenvalue weighted by molar-refractivity contribution is 5.92. The van der Waals surface area contributed by atoms with E-state index in [2.05, 4.69) is 5.32 Å². The predicted molar refractivity (Wildman–Crippen MR) is 167 cm³/mol. The van der Waals surface area contributed by atoms with Crippen LogP contribution in [0.1, 0.15) is 62.0 Å². The average molecular weight is 619 g/mol. The van der Waals surface area contributed by atoms with Crippen molar-refractivity contribution in [3.05, 3.63) is 98.2 Å². The van der Waals surface area contributed by atoms with Crippen LogP contribution in [-0.2, 0) is 22.6 Å². The fraction of sp³-hybridized carbons (Fsp3) is 0.353. The van der Waals surface area contributed by atoms with E-state index in [1.54, 1.807) is 52.0 Å². The number of aliphatic hydroxyl groups is 2. The van der Waals surface area contributed by atoms with Crippen molar-refractivity contribution in [1.29, 1.82) is 0 Å². The molecule has 238 valence electrons. The fourth-order valence-corrected chi connectivity index (χ4v) is 5.98. The molecule has 3 aromatic rings. The molecule has 0 radical (unpaired) electrons. The van der Waals surface area contributed by atoms with Crippen molar-refractivity contribution in [3.63, 3.8) is 0 Å². The maximum atomic E-state index is 13.5. The first-order chi connectivity index (χ1) is 21.4. The van der Waals surface area contributed by atoms with Crippen molar-refractivity contribution in [1.82, 2.24) is 5.32 Å². The number of dihydropyridines is 1. The molecular weight excluding hydrogens is 580 g/mol. The Kier molecular flexibility index (Phi) is 8.68. The molecule has 0 spiro atoms. The SMILES string of the molecule is C/C=C(/C)C(=O)O[C@@H]1Cc2c(c([C@@H](C3=CCNC(N)=C3)[C@H](CO)c3cccc(O)c3)c3oc(CO)cc(=O)c3c2O)OC1(C)C. The van der Waals surface area contributed by atoms with E-state index in [-0.39, 0.29) is 40.2 Å². The molecule has 0 bridgehead atoms. The molecule has 2 aliphatic rings. The van der Waals surface area contributed by atoms with Gasteiger partial charge in [0.2, 0.25) is 0 Å². The summed E-state index contributed by atoms with van der Waals surface area (Å²) in [6.07, 6.45) is 4.37. The molecule has 0 unspecified atom stereocenters. The molecule has 0 saturated carbocycles. The van der Waals surface area contributed by atoms with Crippen LogP contribution in [-0.4, -0.2) is 51.3 Å². The number of benzene rings is 2. The van der Waals surface area contributed by atoms with E-state index in [0.29, 0.717) is 34.6 Å². The van der Waals surface area contributed by atoms with E-state index in [9.17, 15) is 30.0 Å². The van der Waals surface area contributed by atoms with Crippen LogP contribution < -0.4 is 21.2 Å². The number of hydrogen-bond donors (Lipinski definition) is 6. The van der Waals surface area contributed by atoms with Crippen molar-refractivity contribution in [3.8, 4) is 17.2 Å². The molecule has 3 heterocycles. The maximum Gasteiger partial charge on any atom is 0.333 e. The first-order valence-corrected chi connectivity index (χ1v) is 14.7. The summed E-state index contributed by atoms with van der Waals surface area (Å²) in [5, 5.41) is 45.8. The number of nitrogens with one attached hydrogen (secondary N) is 1. The standard InChI is InChI=1S/C34H38N2O9/c1-5-17(2)33(42)44-25-14-22-30(41)28-24(40)13-21(15-37)43-32(28)29(31(22)45-34(25,3)4)27(19-9-10-36-26(35)12-19)23(16-38)18-7-6-8-20(39)11-18/h5-9,11-13,23,25,27,36-39,41H,10,14-16,35H2,1-4H3/b17-5-/t23-,25-,27+/m1/s1. The molecule has 11 nitrogen and oxygen atoms in total. The molecule has 2 aromatic carbocycles. The lowest BCUT2D eigenvalue weighted by Gasteiger charge is -2.42. The van der Waals surface area contributed by atoms with Crippen LogP contribution in [0.2, 0.25) is 0 Å². The average Bonchev–Trinajstić information content (AvgIpc) is 3.00. The minimum Gasteiger partial charge on any atom is -0.508 e. The molecule has 2 aliphatic heterocycles. The molecule has 0 amide bonds. The number of ether oxygens (including phenoxy) is 2. The lowest BCUT2D eigenvalue weighted by molar-refractivity contribution is -0.156. The molecule has 5 rings (SSSR count). The number of rotatable bonds is 8. The number of hydrogen-bond acceptors (Lipinski definition) is 11. The van der Waals surface area contributed by atoms with Gasteiger partial charge >= 0.3 is 5.97 Å². The third kappa shape index (κ3) is 5.88.